The van der Waals surface area contributed by atoms with Crippen molar-refractivity contribution in [1.29, 1.82) is 0 Å². The van der Waals surface area contributed by atoms with Gasteiger partial charge in [0.25, 0.3) is 0 Å². The highest BCUT2D eigenvalue weighted by Gasteiger charge is 2.20. The molecule has 0 radical (unpaired) electrons. The second kappa shape index (κ2) is 8.94. The van der Waals surface area contributed by atoms with Gasteiger partial charge in [0.1, 0.15) is 23.3 Å². The van der Waals surface area contributed by atoms with Gasteiger partial charge in [-0.2, -0.15) is 0 Å². The normalized spacial score (nSPS) is 17.9. The summed E-state index contributed by atoms with van der Waals surface area (Å²) in [5.74, 6) is 1.35. The number of nitrogens with two attached hydrogens (primary N) is 1. The van der Waals surface area contributed by atoms with Gasteiger partial charge in [0.05, 0.1) is 0 Å². The van der Waals surface area contributed by atoms with Crippen molar-refractivity contribution in [2.75, 3.05) is 20.1 Å². The van der Waals surface area contributed by atoms with Crippen LogP contribution in [0.25, 0.3) is 0 Å². The van der Waals surface area contributed by atoms with Crippen molar-refractivity contribution in [2.24, 2.45) is 16.6 Å². The van der Waals surface area contributed by atoms with E-state index < -0.39 is 0 Å². The summed E-state index contributed by atoms with van der Waals surface area (Å²) in [6.07, 6.45) is 4.00. The van der Waals surface area contributed by atoms with E-state index in [1.54, 1.807) is 0 Å². The summed E-state index contributed by atoms with van der Waals surface area (Å²) >= 11 is 0. The Bertz CT molecular complexity index is 586. The van der Waals surface area contributed by atoms with Gasteiger partial charge in [0, 0.05) is 6.54 Å². The minimum Gasteiger partial charge on any atom is -0.482 e. The van der Waals surface area contributed by atoms with E-state index in [-0.39, 0.29) is 6.10 Å². The van der Waals surface area contributed by atoms with Gasteiger partial charge in [-0.25, -0.2) is 4.99 Å². The minimum absolute atomic E-state index is 0.282. The molecule has 2 atom stereocenters. The SMILES string of the molecule is CCCC(CN)CCN(C)Cc1ccc2c(c1)N=C(C=O)C(C)O2. The second-order valence-electron chi connectivity index (χ2n) is 6.63. The van der Waals surface area contributed by atoms with Crippen LogP contribution in [0.15, 0.2) is 23.2 Å². The molecule has 0 aromatic heterocycles. The zero-order valence-corrected chi connectivity index (χ0v) is 15.0. The smallest absolute Gasteiger partial charge is 0.168 e. The quantitative estimate of drug-likeness (QED) is 0.707. The van der Waals surface area contributed by atoms with Crippen LogP contribution in [0.3, 0.4) is 0 Å². The molecule has 1 aromatic carbocycles. The van der Waals surface area contributed by atoms with E-state index >= 15 is 0 Å². The van der Waals surface area contributed by atoms with E-state index in [0.29, 0.717) is 11.6 Å². The molecule has 5 heteroatoms. The van der Waals surface area contributed by atoms with Crippen LogP contribution in [0, 0.1) is 5.92 Å². The van der Waals surface area contributed by atoms with Gasteiger partial charge in [0.2, 0.25) is 0 Å². The lowest BCUT2D eigenvalue weighted by atomic mass is 10.00. The summed E-state index contributed by atoms with van der Waals surface area (Å²) in [5.41, 5.74) is 8.19. The maximum Gasteiger partial charge on any atom is 0.168 e. The zero-order valence-electron chi connectivity index (χ0n) is 15.0. The summed E-state index contributed by atoms with van der Waals surface area (Å²) < 4.78 is 5.73. The van der Waals surface area contributed by atoms with Crippen molar-refractivity contribution in [2.45, 2.75) is 45.8 Å². The number of hydrogen-bond acceptors (Lipinski definition) is 5. The van der Waals surface area contributed by atoms with Crippen LogP contribution in [0.5, 0.6) is 5.75 Å². The third-order valence-corrected chi connectivity index (χ3v) is 4.52. The summed E-state index contributed by atoms with van der Waals surface area (Å²) in [6.45, 7) is 6.67. The molecule has 0 saturated carbocycles. The molecule has 0 bridgehead atoms. The van der Waals surface area contributed by atoms with Gasteiger partial charge in [-0.3, -0.25) is 4.79 Å². The molecule has 1 aliphatic heterocycles. The molecule has 1 aliphatic rings. The van der Waals surface area contributed by atoms with E-state index in [9.17, 15) is 4.79 Å². The largest absolute Gasteiger partial charge is 0.482 e. The Hall–Kier alpha value is -1.72. The molecule has 2 rings (SSSR count). The highest BCUT2D eigenvalue weighted by Crippen LogP contribution is 2.33. The Morgan fingerprint density at radius 3 is 2.88 bits per heavy atom. The first kappa shape index (κ1) is 18.6. The molecule has 24 heavy (non-hydrogen) atoms. The Morgan fingerprint density at radius 1 is 1.42 bits per heavy atom. The molecule has 0 aliphatic carbocycles. The number of aldehydes is 1. The van der Waals surface area contributed by atoms with E-state index in [4.69, 9.17) is 10.5 Å². The maximum atomic E-state index is 11.0. The van der Waals surface area contributed by atoms with Crippen LogP contribution in [-0.2, 0) is 11.3 Å². The van der Waals surface area contributed by atoms with Gasteiger partial charge in [-0.15, -0.1) is 0 Å². The molecule has 132 valence electrons. The molecule has 1 heterocycles. The monoisotopic (exact) mass is 331 g/mol. The van der Waals surface area contributed by atoms with Crippen molar-refractivity contribution in [3.8, 4) is 5.75 Å². The van der Waals surface area contributed by atoms with Gasteiger partial charge >= 0.3 is 0 Å². The molecule has 0 amide bonds. The van der Waals surface area contributed by atoms with Crippen molar-refractivity contribution >= 4 is 17.7 Å². The summed E-state index contributed by atoms with van der Waals surface area (Å²) in [5, 5.41) is 0. The number of rotatable bonds is 9. The molecule has 1 aromatic rings. The van der Waals surface area contributed by atoms with E-state index in [0.717, 1.165) is 43.8 Å². The molecule has 0 fully saturated rings. The fourth-order valence-electron chi connectivity index (χ4n) is 3.03. The third kappa shape index (κ3) is 4.89. The Labute approximate surface area is 144 Å². The van der Waals surface area contributed by atoms with Crippen LogP contribution in [0.2, 0.25) is 0 Å². The van der Waals surface area contributed by atoms with Gasteiger partial charge in [-0.05, 0) is 63.5 Å². The number of nitrogens with zero attached hydrogens (tertiary/aromatic N) is 2. The van der Waals surface area contributed by atoms with Crippen molar-refractivity contribution in [3.63, 3.8) is 0 Å². The summed E-state index contributed by atoms with van der Waals surface area (Å²) in [7, 11) is 2.12. The van der Waals surface area contributed by atoms with Crippen molar-refractivity contribution < 1.29 is 9.53 Å². The first-order valence-electron chi connectivity index (χ1n) is 8.79. The highest BCUT2D eigenvalue weighted by atomic mass is 16.5. The molecule has 0 saturated heterocycles. The Kier molecular flexibility index (Phi) is 6.94. The fourth-order valence-corrected chi connectivity index (χ4v) is 3.03. The van der Waals surface area contributed by atoms with E-state index in [1.165, 1.54) is 18.4 Å². The fraction of sp³-hybridized carbons (Fsp3) is 0.579. The standard InChI is InChI=1S/C19H29N3O2/c1-4-5-15(11-20)8-9-22(3)12-16-6-7-19-17(10-16)21-18(13-23)14(2)24-19/h6-7,10,13-15H,4-5,8-9,11-12,20H2,1-3H3. The average Bonchev–Trinajstić information content (AvgIpc) is 2.58. The lowest BCUT2D eigenvalue weighted by Crippen LogP contribution is -2.27. The molecular weight excluding hydrogens is 302 g/mol. The van der Waals surface area contributed by atoms with Crippen LogP contribution in [-0.4, -0.2) is 43.1 Å². The predicted octanol–water partition coefficient (Wildman–Crippen LogP) is 2.94. The predicted molar refractivity (Wildman–Crippen MR) is 98.1 cm³/mol. The number of benzene rings is 1. The van der Waals surface area contributed by atoms with Crippen molar-refractivity contribution in [3.05, 3.63) is 23.8 Å². The molecule has 0 spiro atoms. The maximum absolute atomic E-state index is 11.0. The highest BCUT2D eigenvalue weighted by molar-refractivity contribution is 6.31. The molecule has 2 N–H and O–H groups in total. The van der Waals surface area contributed by atoms with Crippen LogP contribution in [0.4, 0.5) is 5.69 Å². The van der Waals surface area contributed by atoms with Crippen LogP contribution >= 0.6 is 0 Å². The summed E-state index contributed by atoms with van der Waals surface area (Å²) in [4.78, 5) is 17.8. The Morgan fingerprint density at radius 2 is 2.21 bits per heavy atom. The van der Waals surface area contributed by atoms with Gasteiger partial charge in [-0.1, -0.05) is 19.4 Å². The van der Waals surface area contributed by atoms with Crippen LogP contribution < -0.4 is 10.5 Å². The van der Waals surface area contributed by atoms with E-state index in [1.807, 2.05) is 19.1 Å². The molecule has 5 nitrogen and oxygen atoms in total. The van der Waals surface area contributed by atoms with Crippen molar-refractivity contribution in [1.82, 2.24) is 4.90 Å². The lowest BCUT2D eigenvalue weighted by Gasteiger charge is -2.23. The number of hydrogen-bond donors (Lipinski definition) is 1. The van der Waals surface area contributed by atoms with E-state index in [2.05, 4.69) is 29.9 Å². The zero-order chi connectivity index (χ0) is 17.5. The number of aliphatic imine (C=N–C) groups is 1. The van der Waals surface area contributed by atoms with Crippen LogP contribution in [0.1, 0.15) is 38.7 Å². The third-order valence-electron chi connectivity index (χ3n) is 4.52. The number of carbonyl (C=O) groups excluding carboxylic acids is 1. The number of fused-ring (bicyclic) bond motifs is 1. The number of ether oxygens (including phenoxy) is 1. The first-order chi connectivity index (χ1) is 11.6. The summed E-state index contributed by atoms with van der Waals surface area (Å²) in [6, 6.07) is 6.02. The second-order valence-corrected chi connectivity index (χ2v) is 6.63. The van der Waals surface area contributed by atoms with Gasteiger partial charge < -0.3 is 15.4 Å². The number of carbonyl (C=O) groups is 1. The topological polar surface area (TPSA) is 67.9 Å². The minimum atomic E-state index is -0.282. The average molecular weight is 331 g/mol. The molecular formula is C19H29N3O2. The first-order valence-corrected chi connectivity index (χ1v) is 8.79. The van der Waals surface area contributed by atoms with Gasteiger partial charge in [0.15, 0.2) is 6.29 Å². The molecule has 2 unspecified atom stereocenters. The Balaban J connectivity index is 1.97. The lowest BCUT2D eigenvalue weighted by molar-refractivity contribution is -0.103.